The maximum absolute atomic E-state index is 4.72. The van der Waals surface area contributed by atoms with E-state index in [0.717, 1.165) is 29.9 Å². The van der Waals surface area contributed by atoms with Crippen LogP contribution in [0.1, 0.15) is 13.3 Å². The summed E-state index contributed by atoms with van der Waals surface area (Å²) in [5.41, 5.74) is 3.34. The van der Waals surface area contributed by atoms with Gasteiger partial charge < -0.3 is 9.88 Å². The molecule has 4 heterocycles. The maximum Gasteiger partial charge on any atom is 0.139 e. The fourth-order valence-electron chi connectivity index (χ4n) is 3.35. The van der Waals surface area contributed by atoms with Gasteiger partial charge in [0.25, 0.3) is 0 Å². The highest BCUT2D eigenvalue weighted by molar-refractivity contribution is 14.2. The Balaban J connectivity index is 1.60. The molecule has 4 rings (SSSR count). The minimum Gasteiger partial charge on any atom is -0.332 e. The van der Waals surface area contributed by atoms with Gasteiger partial charge in [-0.15, -0.1) is 0 Å². The second-order valence-electron chi connectivity index (χ2n) is 6.27. The summed E-state index contributed by atoms with van der Waals surface area (Å²) in [6.45, 7) is 4.41. The van der Waals surface area contributed by atoms with Gasteiger partial charge in [-0.1, -0.05) is 0 Å². The third kappa shape index (κ3) is 3.16. The predicted molar refractivity (Wildman–Crippen MR) is 104 cm³/mol. The molecule has 120 valence electrons. The SMILES string of the molecule is C[C@H]1C[C@H](Cn2ccc3cc(-c4cnn(PI)c4)cnc32)CN1. The van der Waals surface area contributed by atoms with Crippen molar-refractivity contribution in [1.82, 2.24) is 24.4 Å². The zero-order valence-corrected chi connectivity index (χ0v) is 16.1. The van der Waals surface area contributed by atoms with Crippen molar-refractivity contribution >= 4 is 39.4 Å². The maximum atomic E-state index is 4.72. The summed E-state index contributed by atoms with van der Waals surface area (Å²) in [6.07, 6.45) is 10.00. The zero-order valence-electron chi connectivity index (χ0n) is 12.9. The Kier molecular flexibility index (Phi) is 4.39. The molecule has 3 aromatic rings. The van der Waals surface area contributed by atoms with Crippen LogP contribution in [0, 0.1) is 5.92 Å². The van der Waals surface area contributed by atoms with Crippen molar-refractivity contribution in [1.29, 1.82) is 0 Å². The third-order valence-corrected chi connectivity index (χ3v) is 6.40. The molecule has 23 heavy (non-hydrogen) atoms. The van der Waals surface area contributed by atoms with Crippen molar-refractivity contribution in [3.63, 3.8) is 0 Å². The summed E-state index contributed by atoms with van der Waals surface area (Å²) in [4.78, 5) is 4.72. The molecule has 3 atom stereocenters. The molecule has 1 aliphatic heterocycles. The van der Waals surface area contributed by atoms with Crippen LogP contribution in [-0.4, -0.2) is 31.7 Å². The summed E-state index contributed by atoms with van der Waals surface area (Å²) < 4.78 is 4.25. The van der Waals surface area contributed by atoms with E-state index in [2.05, 4.69) is 68.5 Å². The number of fused-ring (bicyclic) bond motifs is 1. The van der Waals surface area contributed by atoms with Crippen molar-refractivity contribution < 1.29 is 0 Å². The van der Waals surface area contributed by atoms with Crippen LogP contribution in [0.4, 0.5) is 0 Å². The van der Waals surface area contributed by atoms with Crippen LogP contribution < -0.4 is 5.32 Å². The highest BCUT2D eigenvalue weighted by atomic mass is 127. The molecule has 1 aliphatic rings. The molecule has 7 heteroatoms. The first-order valence-electron chi connectivity index (χ1n) is 7.83. The molecule has 0 radical (unpaired) electrons. The van der Waals surface area contributed by atoms with Crippen LogP contribution in [0.25, 0.3) is 22.2 Å². The molecule has 1 fully saturated rings. The Labute approximate surface area is 150 Å². The van der Waals surface area contributed by atoms with Crippen molar-refractivity contribution in [2.75, 3.05) is 6.54 Å². The van der Waals surface area contributed by atoms with E-state index in [1.165, 1.54) is 11.8 Å². The van der Waals surface area contributed by atoms with E-state index in [9.17, 15) is 0 Å². The van der Waals surface area contributed by atoms with Crippen LogP contribution in [0.15, 0.2) is 36.9 Å². The molecular formula is C16H19IN5P. The summed E-state index contributed by atoms with van der Waals surface area (Å²) in [7, 11) is 0. The number of pyridine rings is 1. The zero-order chi connectivity index (χ0) is 15.8. The van der Waals surface area contributed by atoms with Gasteiger partial charge in [0.2, 0.25) is 0 Å². The lowest BCUT2D eigenvalue weighted by Crippen LogP contribution is -2.17. The molecule has 0 saturated carbocycles. The molecule has 3 aromatic heterocycles. The van der Waals surface area contributed by atoms with Gasteiger partial charge in [-0.3, -0.25) is 0 Å². The van der Waals surface area contributed by atoms with Gasteiger partial charge in [-0.25, -0.2) is 9.44 Å². The van der Waals surface area contributed by atoms with Crippen LogP contribution >= 0.6 is 28.4 Å². The average molecular weight is 439 g/mol. The number of halogens is 1. The van der Waals surface area contributed by atoms with E-state index in [4.69, 9.17) is 4.98 Å². The van der Waals surface area contributed by atoms with Gasteiger partial charge in [0.1, 0.15) is 5.65 Å². The number of hydrogen-bond acceptors (Lipinski definition) is 3. The number of aromatic nitrogens is 4. The first-order chi connectivity index (χ1) is 11.2. The number of hydrogen-bond donors (Lipinski definition) is 1. The van der Waals surface area contributed by atoms with Crippen molar-refractivity contribution in [2.45, 2.75) is 25.9 Å². The Hall–Kier alpha value is -0.980. The summed E-state index contributed by atoms with van der Waals surface area (Å²) >= 11 is 2.33. The first kappa shape index (κ1) is 15.5. The molecule has 0 bridgehead atoms. The van der Waals surface area contributed by atoms with E-state index < -0.39 is 0 Å². The van der Waals surface area contributed by atoms with Crippen molar-refractivity contribution in [3.05, 3.63) is 36.9 Å². The molecule has 0 spiro atoms. The minimum absolute atomic E-state index is 0.627. The predicted octanol–water partition coefficient (Wildman–Crippen LogP) is 3.69. The molecule has 0 amide bonds. The average Bonchev–Trinajstić information content (AvgIpc) is 3.28. The summed E-state index contributed by atoms with van der Waals surface area (Å²) in [5, 5.41) is 9.08. The normalized spacial score (nSPS) is 21.8. The topological polar surface area (TPSA) is 47.7 Å². The molecule has 0 aromatic carbocycles. The molecule has 1 saturated heterocycles. The number of rotatable bonds is 4. The van der Waals surface area contributed by atoms with E-state index in [-0.39, 0.29) is 0 Å². The Morgan fingerprint density at radius 3 is 3.04 bits per heavy atom. The van der Waals surface area contributed by atoms with Gasteiger partial charge in [-0.05, 0) is 60.0 Å². The van der Waals surface area contributed by atoms with Crippen LogP contribution in [0.2, 0.25) is 0 Å². The van der Waals surface area contributed by atoms with Crippen molar-refractivity contribution in [3.8, 4) is 11.1 Å². The third-order valence-electron chi connectivity index (χ3n) is 4.50. The molecule has 5 nitrogen and oxygen atoms in total. The van der Waals surface area contributed by atoms with E-state index >= 15 is 0 Å². The van der Waals surface area contributed by atoms with E-state index in [1.807, 2.05) is 16.8 Å². The molecule has 1 N–H and O–H groups in total. The van der Waals surface area contributed by atoms with Gasteiger partial charge in [-0.2, -0.15) is 5.10 Å². The summed E-state index contributed by atoms with van der Waals surface area (Å²) in [5.74, 6) is 0.699. The van der Waals surface area contributed by atoms with Gasteiger partial charge in [0.05, 0.1) is 12.6 Å². The standard InChI is InChI=1S/C16H19IN5P/c1-11-4-12(6-18-11)9-21-3-2-13-5-14(7-19-16(13)21)15-8-20-22(10-15)23-17/h2-3,5,7-8,10-12,18,23H,4,6,9H2,1H3/t11-,12-/m0/s1. The number of nitrogens with one attached hydrogen (secondary N) is 1. The lowest BCUT2D eigenvalue weighted by Gasteiger charge is -2.11. The molecule has 1 unspecified atom stereocenters. The first-order valence-corrected chi connectivity index (χ1v) is 11.9. The Bertz CT molecular complexity index is 827. The van der Waals surface area contributed by atoms with Gasteiger partial charge in [0, 0.05) is 47.7 Å². The lowest BCUT2D eigenvalue weighted by molar-refractivity contribution is 0.481. The Morgan fingerprint density at radius 2 is 2.30 bits per heavy atom. The van der Waals surface area contributed by atoms with Crippen molar-refractivity contribution in [2.24, 2.45) is 5.92 Å². The molecule has 0 aliphatic carbocycles. The fourth-order valence-corrected chi connectivity index (χ4v) is 4.43. The van der Waals surface area contributed by atoms with E-state index in [1.54, 1.807) is 0 Å². The van der Waals surface area contributed by atoms with Gasteiger partial charge in [0.15, 0.2) is 0 Å². The second-order valence-corrected chi connectivity index (χ2v) is 8.35. The number of nitrogens with zero attached hydrogens (tertiary/aromatic N) is 4. The fraction of sp³-hybridized carbons (Fsp3) is 0.375. The highest BCUT2D eigenvalue weighted by Crippen LogP contribution is 2.28. The van der Waals surface area contributed by atoms with Crippen LogP contribution in [-0.2, 0) is 6.54 Å². The highest BCUT2D eigenvalue weighted by Gasteiger charge is 2.21. The lowest BCUT2D eigenvalue weighted by atomic mass is 10.1. The second kappa shape index (κ2) is 6.49. The minimum atomic E-state index is 0.627. The Morgan fingerprint density at radius 1 is 1.39 bits per heavy atom. The monoisotopic (exact) mass is 439 g/mol. The van der Waals surface area contributed by atoms with E-state index in [0.29, 0.717) is 18.3 Å². The molecular weight excluding hydrogens is 420 g/mol. The summed E-state index contributed by atoms with van der Waals surface area (Å²) in [6, 6.07) is 5.02. The van der Waals surface area contributed by atoms with Crippen LogP contribution in [0.3, 0.4) is 0 Å². The van der Waals surface area contributed by atoms with Crippen LogP contribution in [0.5, 0.6) is 0 Å². The smallest absolute Gasteiger partial charge is 0.139 e. The van der Waals surface area contributed by atoms with Gasteiger partial charge >= 0.3 is 0 Å². The quantitative estimate of drug-likeness (QED) is 0.499. The largest absolute Gasteiger partial charge is 0.332 e.